The average molecular weight is 288 g/mol. The summed E-state index contributed by atoms with van der Waals surface area (Å²) in [5.41, 5.74) is 7.29. The molecule has 0 radical (unpaired) electrons. The number of nitrogens with two attached hydrogens (primary N) is 1. The smallest absolute Gasteiger partial charge is 0.224 e. The highest BCUT2D eigenvalue weighted by atomic mass is 16.1. The zero-order chi connectivity index (χ0) is 15.2. The molecule has 1 atom stereocenters. The van der Waals surface area contributed by atoms with E-state index in [-0.39, 0.29) is 5.91 Å². The van der Waals surface area contributed by atoms with E-state index in [0.29, 0.717) is 24.8 Å². The summed E-state index contributed by atoms with van der Waals surface area (Å²) in [7, 11) is 0. The van der Waals surface area contributed by atoms with Crippen molar-refractivity contribution in [3.05, 3.63) is 24.4 Å². The van der Waals surface area contributed by atoms with Crippen LogP contribution in [0.4, 0.5) is 5.69 Å². The van der Waals surface area contributed by atoms with E-state index < -0.39 is 0 Å². The number of amides is 1. The van der Waals surface area contributed by atoms with Gasteiger partial charge in [-0.05, 0) is 37.3 Å². The summed E-state index contributed by atoms with van der Waals surface area (Å²) in [6.45, 7) is 5.05. The van der Waals surface area contributed by atoms with E-state index in [2.05, 4.69) is 29.4 Å². The van der Waals surface area contributed by atoms with Crippen molar-refractivity contribution in [2.45, 2.75) is 33.1 Å². The van der Waals surface area contributed by atoms with Gasteiger partial charge in [0.2, 0.25) is 5.91 Å². The van der Waals surface area contributed by atoms with Crippen LogP contribution in [-0.2, 0) is 4.79 Å². The molecule has 1 heterocycles. The monoisotopic (exact) mass is 288 g/mol. The molecular formula is C16H24N4O. The minimum Gasteiger partial charge on any atom is -0.330 e. The van der Waals surface area contributed by atoms with Crippen LogP contribution in [0.2, 0.25) is 0 Å². The highest BCUT2D eigenvalue weighted by Gasteiger charge is 2.15. The Morgan fingerprint density at radius 3 is 2.90 bits per heavy atom. The van der Waals surface area contributed by atoms with Crippen molar-refractivity contribution in [3.8, 4) is 0 Å². The molecule has 0 saturated heterocycles. The summed E-state index contributed by atoms with van der Waals surface area (Å²) in [4.78, 5) is 12.1. The second-order valence-electron chi connectivity index (χ2n) is 5.81. The number of carbonyl (C=O) groups excluding carboxylic acids is 1. The number of carbonyl (C=O) groups is 1. The van der Waals surface area contributed by atoms with E-state index in [0.717, 1.165) is 29.4 Å². The SMILES string of the molecule is CC(C)C(CCN)CCC(=O)Nc1cccc2cn[nH]c12. The zero-order valence-corrected chi connectivity index (χ0v) is 12.7. The molecule has 1 amide bonds. The molecule has 0 fully saturated rings. The number of H-pyrrole nitrogens is 1. The van der Waals surface area contributed by atoms with Crippen molar-refractivity contribution in [1.82, 2.24) is 10.2 Å². The number of hydrogen-bond acceptors (Lipinski definition) is 3. The Morgan fingerprint density at radius 1 is 1.38 bits per heavy atom. The molecule has 0 aliphatic carbocycles. The lowest BCUT2D eigenvalue weighted by Crippen LogP contribution is -2.18. The van der Waals surface area contributed by atoms with Crippen LogP contribution in [0.1, 0.15) is 33.1 Å². The van der Waals surface area contributed by atoms with E-state index in [4.69, 9.17) is 5.73 Å². The molecule has 1 unspecified atom stereocenters. The highest BCUT2D eigenvalue weighted by Crippen LogP contribution is 2.23. The lowest BCUT2D eigenvalue weighted by atomic mass is 9.88. The van der Waals surface area contributed by atoms with Crippen molar-refractivity contribution in [1.29, 1.82) is 0 Å². The number of aromatic nitrogens is 2. The standard InChI is InChI=1S/C16H24N4O/c1-11(2)12(8-9-17)6-7-15(21)19-14-5-3-4-13-10-18-20-16(13)14/h3-5,10-12H,6-9,17H2,1-2H3,(H,18,20)(H,19,21). The quantitative estimate of drug-likeness (QED) is 0.732. The van der Waals surface area contributed by atoms with Gasteiger partial charge in [-0.15, -0.1) is 0 Å². The van der Waals surface area contributed by atoms with Crippen molar-refractivity contribution in [3.63, 3.8) is 0 Å². The molecule has 21 heavy (non-hydrogen) atoms. The minimum absolute atomic E-state index is 0.0415. The number of hydrogen-bond donors (Lipinski definition) is 3. The minimum atomic E-state index is 0.0415. The number of nitrogens with zero attached hydrogens (tertiary/aromatic N) is 1. The molecular weight excluding hydrogens is 264 g/mol. The van der Waals surface area contributed by atoms with Crippen LogP contribution in [-0.4, -0.2) is 22.6 Å². The first kappa shape index (κ1) is 15.5. The van der Waals surface area contributed by atoms with Gasteiger partial charge in [0.1, 0.15) is 0 Å². The Labute approximate surface area is 125 Å². The molecule has 2 rings (SSSR count). The maximum Gasteiger partial charge on any atom is 0.224 e. The molecule has 1 aromatic heterocycles. The van der Waals surface area contributed by atoms with Gasteiger partial charge in [0.05, 0.1) is 17.4 Å². The fourth-order valence-corrected chi connectivity index (χ4v) is 2.63. The number of aromatic amines is 1. The van der Waals surface area contributed by atoms with Crippen molar-refractivity contribution < 1.29 is 4.79 Å². The van der Waals surface area contributed by atoms with Crippen LogP contribution in [0.5, 0.6) is 0 Å². The zero-order valence-electron chi connectivity index (χ0n) is 12.7. The Morgan fingerprint density at radius 2 is 2.19 bits per heavy atom. The molecule has 2 aromatic rings. The van der Waals surface area contributed by atoms with Crippen LogP contribution in [0, 0.1) is 11.8 Å². The number of rotatable bonds is 7. The van der Waals surface area contributed by atoms with Gasteiger partial charge in [-0.25, -0.2) is 0 Å². The molecule has 0 spiro atoms. The summed E-state index contributed by atoms with van der Waals surface area (Å²) in [5.74, 6) is 1.10. The third-order valence-electron chi connectivity index (χ3n) is 3.97. The maximum atomic E-state index is 12.1. The Hall–Kier alpha value is -1.88. The summed E-state index contributed by atoms with van der Waals surface area (Å²) < 4.78 is 0. The summed E-state index contributed by atoms with van der Waals surface area (Å²) in [5, 5.41) is 10.9. The predicted molar refractivity (Wildman–Crippen MR) is 86.0 cm³/mol. The number of nitrogens with one attached hydrogen (secondary N) is 2. The second kappa shape index (κ2) is 7.22. The van der Waals surface area contributed by atoms with Gasteiger partial charge < -0.3 is 11.1 Å². The molecule has 0 bridgehead atoms. The highest BCUT2D eigenvalue weighted by molar-refractivity contribution is 6.00. The fraction of sp³-hybridized carbons (Fsp3) is 0.500. The number of anilines is 1. The molecule has 5 nitrogen and oxygen atoms in total. The van der Waals surface area contributed by atoms with Crippen LogP contribution >= 0.6 is 0 Å². The maximum absolute atomic E-state index is 12.1. The number of para-hydroxylation sites is 1. The van der Waals surface area contributed by atoms with Crippen LogP contribution < -0.4 is 11.1 Å². The normalized spacial score (nSPS) is 12.8. The second-order valence-corrected chi connectivity index (χ2v) is 5.81. The van der Waals surface area contributed by atoms with E-state index in [1.807, 2.05) is 18.2 Å². The fourth-order valence-electron chi connectivity index (χ4n) is 2.63. The van der Waals surface area contributed by atoms with Crippen molar-refractivity contribution in [2.75, 3.05) is 11.9 Å². The van der Waals surface area contributed by atoms with E-state index in [1.165, 1.54) is 0 Å². The first-order valence-electron chi connectivity index (χ1n) is 7.53. The Bertz CT molecular complexity index is 591. The van der Waals surface area contributed by atoms with E-state index in [9.17, 15) is 4.79 Å². The molecule has 5 heteroatoms. The van der Waals surface area contributed by atoms with Crippen LogP contribution in [0.25, 0.3) is 10.9 Å². The molecule has 0 aliphatic heterocycles. The first-order valence-corrected chi connectivity index (χ1v) is 7.53. The van der Waals surface area contributed by atoms with Gasteiger partial charge in [0.25, 0.3) is 0 Å². The average Bonchev–Trinajstić information content (AvgIpc) is 2.92. The van der Waals surface area contributed by atoms with Crippen molar-refractivity contribution >= 4 is 22.5 Å². The van der Waals surface area contributed by atoms with Crippen LogP contribution in [0.3, 0.4) is 0 Å². The lowest BCUT2D eigenvalue weighted by Gasteiger charge is -2.19. The third-order valence-corrected chi connectivity index (χ3v) is 3.97. The number of benzene rings is 1. The van der Waals surface area contributed by atoms with Crippen LogP contribution in [0.15, 0.2) is 24.4 Å². The molecule has 114 valence electrons. The molecule has 0 saturated carbocycles. The van der Waals surface area contributed by atoms with Gasteiger partial charge in [-0.2, -0.15) is 5.10 Å². The summed E-state index contributed by atoms with van der Waals surface area (Å²) in [6.07, 6.45) is 4.12. The van der Waals surface area contributed by atoms with Gasteiger partial charge in [-0.3, -0.25) is 9.89 Å². The van der Waals surface area contributed by atoms with Gasteiger partial charge in [0, 0.05) is 11.8 Å². The molecule has 0 aliphatic rings. The Kier molecular flexibility index (Phi) is 5.33. The molecule has 4 N–H and O–H groups in total. The third kappa shape index (κ3) is 4.04. The van der Waals surface area contributed by atoms with E-state index in [1.54, 1.807) is 6.20 Å². The number of fused-ring (bicyclic) bond motifs is 1. The largest absolute Gasteiger partial charge is 0.330 e. The lowest BCUT2D eigenvalue weighted by molar-refractivity contribution is -0.116. The summed E-state index contributed by atoms with van der Waals surface area (Å²) >= 11 is 0. The Balaban J connectivity index is 1.94. The van der Waals surface area contributed by atoms with Crippen molar-refractivity contribution in [2.24, 2.45) is 17.6 Å². The van der Waals surface area contributed by atoms with Gasteiger partial charge in [0.15, 0.2) is 0 Å². The van der Waals surface area contributed by atoms with E-state index >= 15 is 0 Å². The predicted octanol–water partition coefficient (Wildman–Crippen LogP) is 2.90. The first-order chi connectivity index (χ1) is 10.1. The summed E-state index contributed by atoms with van der Waals surface area (Å²) in [6, 6.07) is 5.77. The molecule has 1 aromatic carbocycles. The van der Waals surface area contributed by atoms with Gasteiger partial charge >= 0.3 is 0 Å². The van der Waals surface area contributed by atoms with Gasteiger partial charge in [-0.1, -0.05) is 26.0 Å². The topological polar surface area (TPSA) is 83.8 Å².